The first-order valence-corrected chi connectivity index (χ1v) is 11.0. The van der Waals surface area contributed by atoms with E-state index in [1.165, 1.54) is 12.5 Å². The standard InChI is InChI=1S/C25H25N3O4.CH4/c29-28(30)21-5-3-4-17(13-21)18-7-8-19-15-24(32-16-22-6-1-2-11-31-22)23(14-20(19)12-18)25-26-9-10-27-25;/h3-5,7-8,12-15,22H,1-2,6,9-11,16H2,(H,26,27);1H4. The van der Waals surface area contributed by atoms with Gasteiger partial charge in [-0.15, -0.1) is 0 Å². The number of nitro benzene ring substituents is 1. The number of amidine groups is 1. The monoisotopic (exact) mass is 447 g/mol. The summed E-state index contributed by atoms with van der Waals surface area (Å²) in [6, 6.07) is 16.9. The van der Waals surface area contributed by atoms with Crippen LogP contribution < -0.4 is 10.1 Å². The third-order valence-corrected chi connectivity index (χ3v) is 5.96. The van der Waals surface area contributed by atoms with E-state index in [2.05, 4.69) is 22.4 Å². The molecule has 1 saturated heterocycles. The fourth-order valence-electron chi connectivity index (χ4n) is 4.26. The van der Waals surface area contributed by atoms with Crippen LogP contribution in [0.15, 0.2) is 59.6 Å². The predicted octanol–water partition coefficient (Wildman–Crippen LogP) is 5.35. The lowest BCUT2D eigenvalue weighted by atomic mass is 9.98. The molecule has 3 aromatic rings. The number of hydrogen-bond donors (Lipinski definition) is 1. The Kier molecular flexibility index (Phi) is 6.89. The smallest absolute Gasteiger partial charge is 0.270 e. The normalized spacial score (nSPS) is 17.7. The molecule has 1 fully saturated rings. The van der Waals surface area contributed by atoms with Crippen molar-refractivity contribution in [3.05, 3.63) is 70.3 Å². The zero-order valence-electron chi connectivity index (χ0n) is 17.8. The molecule has 2 aliphatic heterocycles. The lowest BCUT2D eigenvalue weighted by Crippen LogP contribution is -2.27. The van der Waals surface area contributed by atoms with E-state index < -0.39 is 0 Å². The Labute approximate surface area is 193 Å². The number of benzene rings is 3. The molecule has 7 heteroatoms. The van der Waals surface area contributed by atoms with Crippen molar-refractivity contribution in [1.29, 1.82) is 0 Å². The van der Waals surface area contributed by atoms with E-state index >= 15 is 0 Å². The Hall–Kier alpha value is -3.45. The first-order valence-electron chi connectivity index (χ1n) is 11.0. The van der Waals surface area contributed by atoms with Crippen molar-refractivity contribution in [1.82, 2.24) is 5.32 Å². The van der Waals surface area contributed by atoms with Crippen LogP contribution in [0.4, 0.5) is 5.69 Å². The van der Waals surface area contributed by atoms with Crippen molar-refractivity contribution < 1.29 is 14.4 Å². The minimum atomic E-state index is -0.369. The van der Waals surface area contributed by atoms with Gasteiger partial charge in [0.05, 0.1) is 23.1 Å². The molecular weight excluding hydrogens is 418 g/mol. The summed E-state index contributed by atoms with van der Waals surface area (Å²) in [6.07, 6.45) is 3.44. The molecule has 0 saturated carbocycles. The van der Waals surface area contributed by atoms with Crippen LogP contribution in [0.25, 0.3) is 21.9 Å². The van der Waals surface area contributed by atoms with Crippen molar-refractivity contribution in [3.8, 4) is 16.9 Å². The highest BCUT2D eigenvalue weighted by molar-refractivity contribution is 6.06. The molecule has 7 nitrogen and oxygen atoms in total. The van der Waals surface area contributed by atoms with Gasteiger partial charge in [-0.1, -0.05) is 31.7 Å². The topological polar surface area (TPSA) is 86.0 Å². The van der Waals surface area contributed by atoms with E-state index in [1.54, 1.807) is 12.1 Å². The van der Waals surface area contributed by atoms with Crippen LogP contribution in [0, 0.1) is 10.1 Å². The first kappa shape index (κ1) is 22.7. The maximum absolute atomic E-state index is 11.2. The Balaban J connectivity index is 0.00000259. The molecule has 0 aromatic heterocycles. The molecule has 0 amide bonds. The van der Waals surface area contributed by atoms with Crippen molar-refractivity contribution in [2.45, 2.75) is 32.8 Å². The molecule has 1 atom stereocenters. The quantitative estimate of drug-likeness (QED) is 0.407. The number of aliphatic imine (C=N–C) groups is 1. The summed E-state index contributed by atoms with van der Waals surface area (Å²) >= 11 is 0. The van der Waals surface area contributed by atoms with Gasteiger partial charge in [0.2, 0.25) is 0 Å². The van der Waals surface area contributed by atoms with Crippen LogP contribution in [0.2, 0.25) is 0 Å². The maximum Gasteiger partial charge on any atom is 0.270 e. The maximum atomic E-state index is 11.2. The zero-order valence-corrected chi connectivity index (χ0v) is 17.8. The molecule has 0 bridgehead atoms. The number of nitro groups is 1. The Morgan fingerprint density at radius 2 is 1.97 bits per heavy atom. The number of nitrogens with one attached hydrogen (secondary N) is 1. The van der Waals surface area contributed by atoms with Gasteiger partial charge in [-0.25, -0.2) is 0 Å². The lowest BCUT2D eigenvalue weighted by Gasteiger charge is -2.23. The number of ether oxygens (including phenoxy) is 2. The van der Waals surface area contributed by atoms with Gasteiger partial charge >= 0.3 is 0 Å². The lowest BCUT2D eigenvalue weighted by molar-refractivity contribution is -0.384. The molecule has 0 spiro atoms. The van der Waals surface area contributed by atoms with Gasteiger partial charge in [0, 0.05) is 25.3 Å². The van der Waals surface area contributed by atoms with Crippen molar-refractivity contribution >= 4 is 22.3 Å². The fourth-order valence-corrected chi connectivity index (χ4v) is 4.26. The zero-order chi connectivity index (χ0) is 21.9. The highest BCUT2D eigenvalue weighted by Gasteiger charge is 2.19. The number of fused-ring (bicyclic) bond motifs is 1. The Morgan fingerprint density at radius 1 is 1.09 bits per heavy atom. The van der Waals surface area contributed by atoms with Gasteiger partial charge in [0.15, 0.2) is 0 Å². The second kappa shape index (κ2) is 10.0. The summed E-state index contributed by atoms with van der Waals surface area (Å²) in [6.45, 7) is 2.88. The molecule has 33 heavy (non-hydrogen) atoms. The van der Waals surface area contributed by atoms with Crippen molar-refractivity contribution in [2.75, 3.05) is 26.3 Å². The largest absolute Gasteiger partial charge is 0.490 e. The summed E-state index contributed by atoms with van der Waals surface area (Å²) in [4.78, 5) is 15.4. The van der Waals surface area contributed by atoms with E-state index in [9.17, 15) is 10.1 Å². The molecular formula is C26H29N3O4. The number of non-ortho nitro benzene ring substituents is 1. The first-order chi connectivity index (χ1) is 15.7. The molecule has 5 rings (SSSR count). The molecule has 2 aliphatic rings. The van der Waals surface area contributed by atoms with Crippen LogP contribution in [-0.2, 0) is 4.74 Å². The van der Waals surface area contributed by atoms with E-state index in [0.29, 0.717) is 6.61 Å². The van der Waals surface area contributed by atoms with Crippen molar-refractivity contribution in [2.24, 2.45) is 4.99 Å². The fraction of sp³-hybridized carbons (Fsp3) is 0.346. The number of nitrogens with zero attached hydrogens (tertiary/aromatic N) is 2. The summed E-state index contributed by atoms with van der Waals surface area (Å²) in [5.41, 5.74) is 2.76. The summed E-state index contributed by atoms with van der Waals surface area (Å²) in [7, 11) is 0. The SMILES string of the molecule is C.O=[N+]([O-])c1cccc(-c2ccc3cc(OCC4CCCCO4)c(C4=NCCN4)cc3c2)c1. The summed E-state index contributed by atoms with van der Waals surface area (Å²) < 4.78 is 12.1. The predicted molar refractivity (Wildman–Crippen MR) is 131 cm³/mol. The van der Waals surface area contributed by atoms with E-state index in [0.717, 1.165) is 71.6 Å². The number of hydrogen-bond acceptors (Lipinski definition) is 6. The van der Waals surface area contributed by atoms with E-state index in [-0.39, 0.29) is 24.1 Å². The molecule has 2 heterocycles. The molecule has 1 N–H and O–H groups in total. The summed E-state index contributed by atoms with van der Waals surface area (Å²) in [5, 5.41) is 16.6. The van der Waals surface area contributed by atoms with Gasteiger partial charge < -0.3 is 14.8 Å². The van der Waals surface area contributed by atoms with Crippen LogP contribution >= 0.6 is 0 Å². The van der Waals surface area contributed by atoms with Crippen LogP contribution in [0.5, 0.6) is 5.75 Å². The van der Waals surface area contributed by atoms with Gasteiger partial charge in [0.25, 0.3) is 5.69 Å². The van der Waals surface area contributed by atoms with Gasteiger partial charge in [-0.05, 0) is 59.4 Å². The minimum absolute atomic E-state index is 0. The minimum Gasteiger partial charge on any atom is -0.490 e. The van der Waals surface area contributed by atoms with E-state index in [1.807, 2.05) is 24.3 Å². The highest BCUT2D eigenvalue weighted by atomic mass is 16.6. The van der Waals surface area contributed by atoms with Crippen molar-refractivity contribution in [3.63, 3.8) is 0 Å². The molecule has 0 aliphatic carbocycles. The molecule has 172 valence electrons. The average Bonchev–Trinajstić information content (AvgIpc) is 3.37. The summed E-state index contributed by atoms with van der Waals surface area (Å²) in [5.74, 6) is 1.63. The number of rotatable bonds is 6. The van der Waals surface area contributed by atoms with E-state index in [4.69, 9.17) is 9.47 Å². The Morgan fingerprint density at radius 3 is 2.73 bits per heavy atom. The molecule has 3 aromatic carbocycles. The third kappa shape index (κ3) is 4.98. The molecule has 0 radical (unpaired) electrons. The van der Waals surface area contributed by atoms with Crippen LogP contribution in [0.3, 0.4) is 0 Å². The second-order valence-corrected chi connectivity index (χ2v) is 8.17. The van der Waals surface area contributed by atoms with Gasteiger partial charge in [-0.3, -0.25) is 15.1 Å². The Bertz CT molecular complexity index is 1190. The highest BCUT2D eigenvalue weighted by Crippen LogP contribution is 2.32. The second-order valence-electron chi connectivity index (χ2n) is 8.17. The van der Waals surface area contributed by atoms with Gasteiger partial charge in [0.1, 0.15) is 18.2 Å². The molecule has 1 unspecified atom stereocenters. The third-order valence-electron chi connectivity index (χ3n) is 5.96. The van der Waals surface area contributed by atoms with Gasteiger partial charge in [-0.2, -0.15) is 0 Å². The van der Waals surface area contributed by atoms with Crippen LogP contribution in [-0.4, -0.2) is 43.2 Å². The average molecular weight is 448 g/mol. The van der Waals surface area contributed by atoms with Crippen LogP contribution in [0.1, 0.15) is 32.3 Å².